The molecular weight excluding hydrogens is 172 g/mol. The minimum absolute atomic E-state index is 0.398. The van der Waals surface area contributed by atoms with Gasteiger partial charge < -0.3 is 5.11 Å². The van der Waals surface area contributed by atoms with Crippen molar-refractivity contribution in [2.24, 2.45) is 0 Å². The zero-order valence-corrected chi connectivity index (χ0v) is 9.96. The maximum atomic E-state index is 9.57. The molecule has 1 heteroatoms. The van der Waals surface area contributed by atoms with Gasteiger partial charge in [0.1, 0.15) is 5.75 Å². The van der Waals surface area contributed by atoms with E-state index in [1.54, 1.807) is 0 Å². The summed E-state index contributed by atoms with van der Waals surface area (Å²) >= 11 is 0. The third-order valence-corrected chi connectivity index (χ3v) is 1.89. The number of para-hydroxylation sites is 1. The van der Waals surface area contributed by atoms with Crippen LogP contribution in [0.2, 0.25) is 0 Å². The topological polar surface area (TPSA) is 20.2 Å². The van der Waals surface area contributed by atoms with Crippen LogP contribution in [0, 0.1) is 6.92 Å². The van der Waals surface area contributed by atoms with Crippen LogP contribution in [0.4, 0.5) is 0 Å². The van der Waals surface area contributed by atoms with E-state index in [1.807, 2.05) is 25.1 Å². The second kappa shape index (κ2) is 6.47. The normalized spacial score (nSPS) is 9.57. The highest BCUT2D eigenvalue weighted by Crippen LogP contribution is 2.27. The van der Waals surface area contributed by atoms with Crippen LogP contribution in [-0.2, 0) is 0 Å². The van der Waals surface area contributed by atoms with Crippen LogP contribution in [0.25, 0.3) is 0 Å². The standard InChI is InChI=1S/C10H14O.C3H8/c1-7(2)9-6-4-5-8(3)10(9)11;1-3-2/h4-7,11H,1-3H3;3H2,1-2H3. The van der Waals surface area contributed by atoms with Gasteiger partial charge in [0, 0.05) is 0 Å². The number of benzene rings is 1. The molecule has 0 amide bonds. The first kappa shape index (κ1) is 13.0. The molecule has 0 aromatic heterocycles. The molecule has 0 radical (unpaired) electrons. The first-order valence-electron chi connectivity index (χ1n) is 5.33. The Morgan fingerprint density at radius 3 is 2.07 bits per heavy atom. The Balaban J connectivity index is 0.000000500. The predicted molar refractivity (Wildman–Crippen MR) is 62.9 cm³/mol. The van der Waals surface area contributed by atoms with Gasteiger partial charge in [-0.25, -0.2) is 0 Å². The van der Waals surface area contributed by atoms with Crippen LogP contribution in [0.5, 0.6) is 5.75 Å². The number of phenolic OH excluding ortho intramolecular Hbond substituents is 1. The third-order valence-electron chi connectivity index (χ3n) is 1.89. The van der Waals surface area contributed by atoms with E-state index in [0.29, 0.717) is 11.7 Å². The van der Waals surface area contributed by atoms with Crippen molar-refractivity contribution in [3.05, 3.63) is 29.3 Å². The minimum Gasteiger partial charge on any atom is -0.507 e. The van der Waals surface area contributed by atoms with E-state index >= 15 is 0 Å². The Labute approximate surface area is 87.8 Å². The molecule has 1 aromatic carbocycles. The molecule has 0 spiro atoms. The summed E-state index contributed by atoms with van der Waals surface area (Å²) in [4.78, 5) is 0. The molecule has 1 nitrogen and oxygen atoms in total. The van der Waals surface area contributed by atoms with Crippen molar-refractivity contribution in [1.29, 1.82) is 0 Å². The first-order chi connectivity index (χ1) is 6.54. The van der Waals surface area contributed by atoms with Crippen LogP contribution >= 0.6 is 0 Å². The summed E-state index contributed by atoms with van der Waals surface area (Å²) in [5.41, 5.74) is 1.99. The van der Waals surface area contributed by atoms with Crippen molar-refractivity contribution >= 4 is 0 Å². The lowest BCUT2D eigenvalue weighted by Gasteiger charge is -2.09. The quantitative estimate of drug-likeness (QED) is 0.709. The number of aryl methyl sites for hydroxylation is 1. The van der Waals surface area contributed by atoms with Gasteiger partial charge in [-0.05, 0) is 24.0 Å². The van der Waals surface area contributed by atoms with Gasteiger partial charge in [0.15, 0.2) is 0 Å². The molecule has 0 fully saturated rings. The van der Waals surface area contributed by atoms with Gasteiger partial charge in [0.05, 0.1) is 0 Å². The SMILES string of the molecule is CCC.Cc1cccc(C(C)C)c1O. The molecule has 0 bridgehead atoms. The largest absolute Gasteiger partial charge is 0.507 e. The molecule has 0 saturated heterocycles. The number of rotatable bonds is 1. The smallest absolute Gasteiger partial charge is 0.121 e. The molecule has 1 rings (SSSR count). The average Bonchev–Trinajstić information content (AvgIpc) is 2.10. The van der Waals surface area contributed by atoms with E-state index in [4.69, 9.17) is 0 Å². The van der Waals surface area contributed by atoms with Gasteiger partial charge in [0.2, 0.25) is 0 Å². The van der Waals surface area contributed by atoms with E-state index in [1.165, 1.54) is 6.42 Å². The van der Waals surface area contributed by atoms with E-state index in [-0.39, 0.29) is 0 Å². The monoisotopic (exact) mass is 194 g/mol. The highest BCUT2D eigenvalue weighted by Gasteiger charge is 2.05. The van der Waals surface area contributed by atoms with Crippen LogP contribution in [0.3, 0.4) is 0 Å². The van der Waals surface area contributed by atoms with Crippen molar-refractivity contribution in [2.75, 3.05) is 0 Å². The molecule has 0 unspecified atom stereocenters. The van der Waals surface area contributed by atoms with Crippen molar-refractivity contribution in [1.82, 2.24) is 0 Å². The fourth-order valence-electron chi connectivity index (χ4n) is 1.15. The highest BCUT2D eigenvalue weighted by molar-refractivity contribution is 5.40. The van der Waals surface area contributed by atoms with Crippen molar-refractivity contribution in [3.63, 3.8) is 0 Å². The predicted octanol–water partition coefficient (Wildman–Crippen LogP) is 4.24. The van der Waals surface area contributed by atoms with Gasteiger partial charge in [-0.3, -0.25) is 0 Å². The second-order valence-electron chi connectivity index (χ2n) is 3.87. The van der Waals surface area contributed by atoms with Gasteiger partial charge in [0.25, 0.3) is 0 Å². The summed E-state index contributed by atoms with van der Waals surface area (Å²) in [5, 5.41) is 9.57. The summed E-state index contributed by atoms with van der Waals surface area (Å²) in [6.07, 6.45) is 1.25. The molecule has 0 aliphatic heterocycles. The van der Waals surface area contributed by atoms with Gasteiger partial charge >= 0.3 is 0 Å². The lowest BCUT2D eigenvalue weighted by atomic mass is 10.00. The summed E-state index contributed by atoms with van der Waals surface area (Å²) < 4.78 is 0. The van der Waals surface area contributed by atoms with Crippen LogP contribution in [0.1, 0.15) is 51.2 Å². The summed E-state index contributed by atoms with van der Waals surface area (Å²) in [5.74, 6) is 0.845. The van der Waals surface area contributed by atoms with Crippen molar-refractivity contribution in [3.8, 4) is 5.75 Å². The van der Waals surface area contributed by atoms with E-state index < -0.39 is 0 Å². The Kier molecular flexibility index (Phi) is 6.02. The summed E-state index contributed by atoms with van der Waals surface area (Å²) in [6, 6.07) is 5.86. The lowest BCUT2D eigenvalue weighted by molar-refractivity contribution is 0.460. The lowest BCUT2D eigenvalue weighted by Crippen LogP contribution is -1.88. The van der Waals surface area contributed by atoms with Crippen molar-refractivity contribution in [2.45, 2.75) is 47.0 Å². The maximum absolute atomic E-state index is 9.57. The molecule has 0 atom stereocenters. The van der Waals surface area contributed by atoms with Gasteiger partial charge in [-0.15, -0.1) is 0 Å². The zero-order chi connectivity index (χ0) is 11.1. The first-order valence-corrected chi connectivity index (χ1v) is 5.33. The summed E-state index contributed by atoms with van der Waals surface area (Å²) in [7, 11) is 0. The zero-order valence-electron chi connectivity index (χ0n) is 9.96. The molecule has 0 heterocycles. The Bertz CT molecular complexity index is 264. The molecule has 0 saturated carbocycles. The second-order valence-corrected chi connectivity index (χ2v) is 3.87. The van der Waals surface area contributed by atoms with Crippen LogP contribution < -0.4 is 0 Å². The molecule has 1 aromatic rings. The number of hydrogen-bond acceptors (Lipinski definition) is 1. The van der Waals surface area contributed by atoms with Crippen LogP contribution in [-0.4, -0.2) is 5.11 Å². The fraction of sp³-hybridized carbons (Fsp3) is 0.538. The van der Waals surface area contributed by atoms with Gasteiger partial charge in [-0.2, -0.15) is 0 Å². The molecule has 1 N–H and O–H groups in total. The number of phenols is 1. The Morgan fingerprint density at radius 1 is 1.21 bits per heavy atom. The van der Waals surface area contributed by atoms with Crippen molar-refractivity contribution < 1.29 is 5.11 Å². The Hall–Kier alpha value is -0.980. The number of hydrogen-bond donors (Lipinski definition) is 1. The number of aromatic hydroxyl groups is 1. The minimum atomic E-state index is 0.398. The van der Waals surface area contributed by atoms with Gasteiger partial charge in [-0.1, -0.05) is 52.3 Å². The summed E-state index contributed by atoms with van der Waals surface area (Å²) in [6.45, 7) is 10.3. The molecular formula is C13H22O. The molecule has 80 valence electrons. The maximum Gasteiger partial charge on any atom is 0.121 e. The molecule has 14 heavy (non-hydrogen) atoms. The molecule has 0 aliphatic rings. The van der Waals surface area contributed by atoms with E-state index in [2.05, 4.69) is 27.7 Å². The third kappa shape index (κ3) is 3.82. The van der Waals surface area contributed by atoms with Crippen LogP contribution in [0.15, 0.2) is 18.2 Å². The molecule has 0 aliphatic carbocycles. The van der Waals surface area contributed by atoms with E-state index in [0.717, 1.165) is 11.1 Å². The highest BCUT2D eigenvalue weighted by atomic mass is 16.3. The fourth-order valence-corrected chi connectivity index (χ4v) is 1.15. The Morgan fingerprint density at radius 2 is 1.71 bits per heavy atom. The average molecular weight is 194 g/mol. The van der Waals surface area contributed by atoms with E-state index in [9.17, 15) is 5.11 Å².